The van der Waals surface area contributed by atoms with Crippen LogP contribution >= 0.6 is 34.3 Å². The molecule has 1 atom stereocenters. The smallest absolute Gasteiger partial charge is 0.338 e. The number of thiophene rings is 1. The summed E-state index contributed by atoms with van der Waals surface area (Å²) in [5, 5.41) is 11.2. The van der Waals surface area contributed by atoms with Crippen molar-refractivity contribution < 1.29 is 23.8 Å². The number of benzene rings is 1. The number of carboxylic acids is 1. The summed E-state index contributed by atoms with van der Waals surface area (Å²) < 4.78 is 13.3. The Morgan fingerprint density at radius 1 is 1.23 bits per heavy atom. The summed E-state index contributed by atoms with van der Waals surface area (Å²) in [7, 11) is 0. The van der Waals surface area contributed by atoms with Gasteiger partial charge < -0.3 is 14.3 Å². The summed E-state index contributed by atoms with van der Waals surface area (Å²) in [5.41, 5.74) is 1.33. The van der Waals surface area contributed by atoms with Gasteiger partial charge in [0.05, 0.1) is 33.0 Å². The molecule has 4 heterocycles. The minimum atomic E-state index is -1.11. The summed E-state index contributed by atoms with van der Waals surface area (Å²) in [6, 6.07) is 11.1. The largest absolute Gasteiger partial charge is 0.478 e. The van der Waals surface area contributed by atoms with Crippen molar-refractivity contribution in [1.29, 1.82) is 0 Å². The van der Waals surface area contributed by atoms with Crippen LogP contribution in [0.2, 0.25) is 5.02 Å². The molecule has 0 spiro atoms. The molecule has 0 fully saturated rings. The highest BCUT2D eigenvalue weighted by atomic mass is 35.5. The van der Waals surface area contributed by atoms with Gasteiger partial charge in [-0.1, -0.05) is 48.4 Å². The number of carboxylic acid groups (broad SMARTS) is 1. The van der Waals surface area contributed by atoms with Gasteiger partial charge in [-0.25, -0.2) is 14.6 Å². The molecule has 0 radical (unpaired) electrons. The molecule has 0 amide bonds. The van der Waals surface area contributed by atoms with E-state index in [1.54, 1.807) is 35.8 Å². The molecule has 0 unspecified atom stereocenters. The first-order valence-corrected chi connectivity index (χ1v) is 14.3. The highest BCUT2D eigenvalue weighted by Crippen LogP contribution is 2.34. The zero-order valence-electron chi connectivity index (χ0n) is 21.0. The Kier molecular flexibility index (Phi) is 7.69. The number of hydrogen-bond acceptors (Lipinski definition) is 8. The molecule has 1 aromatic carbocycles. The van der Waals surface area contributed by atoms with Gasteiger partial charge in [0.1, 0.15) is 17.6 Å². The number of rotatable bonds is 8. The molecule has 0 saturated carbocycles. The van der Waals surface area contributed by atoms with E-state index in [4.69, 9.17) is 25.7 Å². The summed E-state index contributed by atoms with van der Waals surface area (Å²) in [4.78, 5) is 44.2. The van der Waals surface area contributed by atoms with E-state index in [0.717, 1.165) is 11.3 Å². The quantitative estimate of drug-likeness (QED) is 0.284. The Hall–Kier alpha value is -3.73. The van der Waals surface area contributed by atoms with E-state index in [1.807, 2.05) is 24.4 Å². The van der Waals surface area contributed by atoms with Crippen molar-refractivity contribution >= 4 is 52.3 Å². The Bertz CT molecular complexity index is 1780. The first kappa shape index (κ1) is 26.9. The fourth-order valence-corrected chi connectivity index (χ4v) is 6.48. The van der Waals surface area contributed by atoms with Gasteiger partial charge in [-0.2, -0.15) is 0 Å². The predicted molar refractivity (Wildman–Crippen MR) is 150 cm³/mol. The maximum Gasteiger partial charge on any atom is 0.338 e. The Morgan fingerprint density at radius 3 is 2.72 bits per heavy atom. The second-order valence-electron chi connectivity index (χ2n) is 8.63. The topological polar surface area (TPSA) is 111 Å². The molecular formula is C28H23ClN2O6S2. The number of halogens is 1. The number of carbonyl (C=O) groups excluding carboxylic acids is 1. The highest BCUT2D eigenvalue weighted by Gasteiger charge is 2.34. The second kappa shape index (κ2) is 11.2. The number of aromatic nitrogens is 1. The van der Waals surface area contributed by atoms with E-state index >= 15 is 0 Å². The van der Waals surface area contributed by atoms with Crippen LogP contribution in [0.1, 0.15) is 53.7 Å². The second-order valence-corrected chi connectivity index (χ2v) is 11.0. The van der Waals surface area contributed by atoms with Crippen LogP contribution in [-0.4, -0.2) is 28.2 Å². The van der Waals surface area contributed by atoms with Crippen molar-refractivity contribution in [3.63, 3.8) is 0 Å². The van der Waals surface area contributed by atoms with Crippen LogP contribution in [0, 0.1) is 0 Å². The Labute approximate surface area is 235 Å². The fraction of sp³-hybridized carbons (Fsp3) is 0.214. The van der Waals surface area contributed by atoms with Crippen molar-refractivity contribution in [1.82, 2.24) is 4.57 Å². The Balaban J connectivity index is 1.61. The number of nitrogens with zero attached hydrogens (tertiary/aromatic N) is 2. The van der Waals surface area contributed by atoms with Crippen LogP contribution in [0.4, 0.5) is 0 Å². The third-order valence-corrected chi connectivity index (χ3v) is 8.31. The SMILES string of the molecule is CCCC1=C(C(=O)OCC)[C@H](c2cccs2)n2c(s/c(=C\c3ccc(-c4ccc(C(=O)O)c(Cl)c4)o3)c2=O)=N1. The van der Waals surface area contributed by atoms with Crippen LogP contribution < -0.4 is 14.9 Å². The fourth-order valence-electron chi connectivity index (χ4n) is 4.39. The summed E-state index contributed by atoms with van der Waals surface area (Å²) in [6.45, 7) is 3.98. The molecule has 39 heavy (non-hydrogen) atoms. The molecule has 0 saturated heterocycles. The van der Waals surface area contributed by atoms with Crippen LogP contribution in [0.25, 0.3) is 17.4 Å². The number of aromatic carboxylic acids is 1. The van der Waals surface area contributed by atoms with Crippen molar-refractivity contribution in [3.05, 3.63) is 100 Å². The molecule has 1 aliphatic heterocycles. The standard InChI is InChI=1S/C28H23ClN2O6S2/c1-3-6-19-23(27(35)36-4-2)24(21-7-5-12-38-21)31-25(32)22(39-28(31)30-19)14-16-9-11-20(37-16)15-8-10-17(26(33)34)18(29)13-15/h5,7-14,24H,3-4,6H2,1-2H3,(H,33,34)/b22-14-/t24-/m0/s1. The van der Waals surface area contributed by atoms with Crippen molar-refractivity contribution in [2.45, 2.75) is 32.7 Å². The average Bonchev–Trinajstić information content (AvgIpc) is 3.65. The van der Waals surface area contributed by atoms with Gasteiger partial charge in [0.2, 0.25) is 0 Å². The monoisotopic (exact) mass is 582 g/mol. The minimum Gasteiger partial charge on any atom is -0.478 e. The molecule has 1 N–H and O–H groups in total. The molecule has 1 aliphatic rings. The van der Waals surface area contributed by atoms with Gasteiger partial charge in [0.25, 0.3) is 5.56 Å². The molecular weight excluding hydrogens is 560 g/mol. The number of allylic oxidation sites excluding steroid dienone is 1. The minimum absolute atomic E-state index is 0.00164. The molecule has 0 bridgehead atoms. The van der Waals surface area contributed by atoms with Crippen LogP contribution in [0.15, 0.2) is 73.3 Å². The van der Waals surface area contributed by atoms with Gasteiger partial charge >= 0.3 is 11.9 Å². The molecule has 8 nitrogen and oxygen atoms in total. The number of carbonyl (C=O) groups is 2. The molecule has 5 rings (SSSR count). The normalized spacial score (nSPS) is 15.3. The first-order chi connectivity index (χ1) is 18.8. The average molecular weight is 583 g/mol. The number of ether oxygens (including phenoxy) is 1. The van der Waals surface area contributed by atoms with Crippen LogP contribution in [-0.2, 0) is 9.53 Å². The number of hydrogen-bond donors (Lipinski definition) is 1. The van der Waals surface area contributed by atoms with Gasteiger partial charge in [0.15, 0.2) is 4.80 Å². The van der Waals surface area contributed by atoms with Gasteiger partial charge in [0, 0.05) is 16.5 Å². The van der Waals surface area contributed by atoms with E-state index in [0.29, 0.717) is 44.1 Å². The first-order valence-electron chi connectivity index (χ1n) is 12.2. The lowest BCUT2D eigenvalue weighted by molar-refractivity contribution is -0.139. The zero-order chi connectivity index (χ0) is 27.7. The van der Waals surface area contributed by atoms with Crippen LogP contribution in [0.3, 0.4) is 0 Å². The third kappa shape index (κ3) is 5.15. The van der Waals surface area contributed by atoms with E-state index in [2.05, 4.69) is 0 Å². The molecule has 3 aromatic heterocycles. The lowest BCUT2D eigenvalue weighted by Gasteiger charge is -2.24. The van der Waals surface area contributed by atoms with Crippen molar-refractivity contribution in [2.75, 3.05) is 6.61 Å². The van der Waals surface area contributed by atoms with Gasteiger partial charge in [-0.15, -0.1) is 11.3 Å². The lowest BCUT2D eigenvalue weighted by Crippen LogP contribution is -2.39. The molecule has 11 heteroatoms. The summed E-state index contributed by atoms with van der Waals surface area (Å²) in [6.07, 6.45) is 2.99. The van der Waals surface area contributed by atoms with E-state index in [9.17, 15) is 19.5 Å². The lowest BCUT2D eigenvalue weighted by atomic mass is 9.99. The number of thiazole rings is 1. The predicted octanol–water partition coefficient (Wildman–Crippen LogP) is 5.25. The van der Waals surface area contributed by atoms with Gasteiger partial charge in [-0.3, -0.25) is 9.36 Å². The van der Waals surface area contributed by atoms with Crippen LogP contribution in [0.5, 0.6) is 0 Å². The molecule has 0 aliphatic carbocycles. The number of furan rings is 1. The van der Waals surface area contributed by atoms with Crippen molar-refractivity contribution in [2.24, 2.45) is 4.99 Å². The highest BCUT2D eigenvalue weighted by molar-refractivity contribution is 7.10. The number of esters is 1. The zero-order valence-corrected chi connectivity index (χ0v) is 23.4. The van der Waals surface area contributed by atoms with E-state index in [1.165, 1.54) is 34.8 Å². The Morgan fingerprint density at radius 2 is 2.05 bits per heavy atom. The van der Waals surface area contributed by atoms with Gasteiger partial charge in [-0.05, 0) is 49.1 Å². The third-order valence-electron chi connectivity index (χ3n) is 6.09. The number of fused-ring (bicyclic) bond motifs is 1. The van der Waals surface area contributed by atoms with E-state index in [-0.39, 0.29) is 22.8 Å². The maximum absolute atomic E-state index is 13.7. The maximum atomic E-state index is 13.7. The van der Waals surface area contributed by atoms with E-state index < -0.39 is 18.0 Å². The van der Waals surface area contributed by atoms with Crippen molar-refractivity contribution in [3.8, 4) is 11.3 Å². The summed E-state index contributed by atoms with van der Waals surface area (Å²) >= 11 is 8.81. The molecule has 200 valence electrons. The molecule has 4 aromatic rings. The summed E-state index contributed by atoms with van der Waals surface area (Å²) in [5.74, 6) is -0.685.